The first-order valence-electron chi connectivity index (χ1n) is 12.9. The normalized spacial score (nSPS) is 27.9. The first-order valence-corrected chi connectivity index (χ1v) is 12.9. The number of amides is 1. The van der Waals surface area contributed by atoms with Crippen molar-refractivity contribution in [2.75, 3.05) is 13.7 Å². The molecule has 34 heavy (non-hydrogen) atoms. The van der Waals surface area contributed by atoms with E-state index in [4.69, 9.17) is 9.47 Å². The predicted molar refractivity (Wildman–Crippen MR) is 132 cm³/mol. The largest absolute Gasteiger partial charge is 0.496 e. The third-order valence-electron chi connectivity index (χ3n) is 8.45. The number of hydrogen-bond donors (Lipinski definition) is 2. The maximum atomic E-state index is 12.9. The van der Waals surface area contributed by atoms with Crippen molar-refractivity contribution in [3.05, 3.63) is 59.7 Å². The number of nitrogens with one attached hydrogen (secondary N) is 1. The molecule has 0 saturated heterocycles. The van der Waals surface area contributed by atoms with Crippen LogP contribution in [0.25, 0.3) is 0 Å². The van der Waals surface area contributed by atoms with Crippen LogP contribution in [0.15, 0.2) is 48.5 Å². The van der Waals surface area contributed by atoms with Gasteiger partial charge in [-0.1, -0.05) is 30.3 Å². The van der Waals surface area contributed by atoms with Crippen molar-refractivity contribution in [2.45, 2.75) is 57.6 Å². The molecule has 5 heteroatoms. The summed E-state index contributed by atoms with van der Waals surface area (Å²) in [7, 11) is 1.62. The second kappa shape index (κ2) is 10.4. The van der Waals surface area contributed by atoms with Crippen LogP contribution in [0.3, 0.4) is 0 Å². The zero-order valence-electron chi connectivity index (χ0n) is 20.1. The van der Waals surface area contributed by atoms with Crippen LogP contribution >= 0.6 is 0 Å². The number of aliphatic hydroxyl groups is 1. The van der Waals surface area contributed by atoms with Crippen molar-refractivity contribution in [3.63, 3.8) is 0 Å². The number of carbonyl (C=O) groups is 1. The monoisotopic (exact) mass is 463 g/mol. The molecule has 1 atom stereocenters. The summed E-state index contributed by atoms with van der Waals surface area (Å²) in [4.78, 5) is 12.9. The quantitative estimate of drug-likeness (QED) is 0.507. The average Bonchev–Trinajstić information content (AvgIpc) is 2.85. The third kappa shape index (κ3) is 5.10. The first kappa shape index (κ1) is 23.2. The van der Waals surface area contributed by atoms with Gasteiger partial charge < -0.3 is 19.9 Å². The molecule has 1 amide bonds. The molecule has 1 unspecified atom stereocenters. The van der Waals surface area contributed by atoms with Crippen molar-refractivity contribution in [2.24, 2.45) is 29.6 Å². The Bertz CT molecular complexity index is 962. The lowest BCUT2D eigenvalue weighted by atomic mass is 9.51. The Labute approximate surface area is 202 Å². The molecular weight excluding hydrogens is 426 g/mol. The number of carbonyl (C=O) groups excluding carboxylic acids is 1. The highest BCUT2D eigenvalue weighted by atomic mass is 16.5. The number of hydrogen-bond acceptors (Lipinski definition) is 4. The molecule has 0 aromatic heterocycles. The van der Waals surface area contributed by atoms with E-state index in [1.807, 2.05) is 36.4 Å². The van der Waals surface area contributed by atoms with E-state index < -0.39 is 6.10 Å². The van der Waals surface area contributed by atoms with Crippen LogP contribution in [0.4, 0.5) is 0 Å². The smallest absolute Gasteiger partial charge is 0.255 e. The Morgan fingerprint density at radius 1 is 0.971 bits per heavy atom. The van der Waals surface area contributed by atoms with Crippen molar-refractivity contribution in [1.82, 2.24) is 5.32 Å². The lowest BCUT2D eigenvalue weighted by Gasteiger charge is -2.54. The topological polar surface area (TPSA) is 67.8 Å². The molecule has 6 rings (SSSR count). The molecule has 2 N–H and O–H groups in total. The summed E-state index contributed by atoms with van der Waals surface area (Å²) in [5, 5.41) is 13.6. The Kier molecular flexibility index (Phi) is 7.10. The summed E-state index contributed by atoms with van der Waals surface area (Å²) < 4.78 is 11.3. The summed E-state index contributed by atoms with van der Waals surface area (Å²) in [6.07, 6.45) is 8.51. The summed E-state index contributed by atoms with van der Waals surface area (Å²) in [6.45, 7) is 0.579. The highest BCUT2D eigenvalue weighted by Crippen LogP contribution is 2.57. The van der Waals surface area contributed by atoms with E-state index in [0.717, 1.165) is 53.7 Å². The molecule has 4 bridgehead atoms. The molecule has 0 aliphatic heterocycles. The van der Waals surface area contributed by atoms with Gasteiger partial charge in [0.25, 0.3) is 5.91 Å². The van der Waals surface area contributed by atoms with Gasteiger partial charge in [-0.15, -0.1) is 0 Å². The van der Waals surface area contributed by atoms with Gasteiger partial charge in [-0.05, 0) is 92.7 Å². The summed E-state index contributed by atoms with van der Waals surface area (Å²) in [6, 6.07) is 14.9. The second-order valence-electron chi connectivity index (χ2n) is 10.6. The SMILES string of the molecule is COc1ccccc1CNC(=O)c1ccccc1OCC(O)CCC1C2CC3CC(C2)CC1C3. The number of benzene rings is 2. The first-order chi connectivity index (χ1) is 16.6. The maximum absolute atomic E-state index is 12.9. The molecule has 4 aliphatic rings. The van der Waals surface area contributed by atoms with Crippen LogP contribution in [0.5, 0.6) is 11.5 Å². The van der Waals surface area contributed by atoms with Gasteiger partial charge in [-0.3, -0.25) is 4.79 Å². The van der Waals surface area contributed by atoms with E-state index in [9.17, 15) is 9.90 Å². The van der Waals surface area contributed by atoms with Gasteiger partial charge in [-0.25, -0.2) is 0 Å². The Hall–Kier alpha value is -2.53. The van der Waals surface area contributed by atoms with E-state index in [1.54, 1.807) is 19.2 Å². The molecule has 2 aromatic rings. The molecule has 0 heterocycles. The van der Waals surface area contributed by atoms with Crippen LogP contribution in [-0.4, -0.2) is 30.8 Å². The van der Waals surface area contributed by atoms with Gasteiger partial charge in [0.1, 0.15) is 18.1 Å². The molecule has 2 aromatic carbocycles. The predicted octanol–water partition coefficient (Wildman–Crippen LogP) is 5.22. The highest BCUT2D eigenvalue weighted by Gasteiger charge is 2.47. The highest BCUT2D eigenvalue weighted by molar-refractivity contribution is 5.96. The minimum atomic E-state index is -0.512. The number of para-hydroxylation sites is 2. The van der Waals surface area contributed by atoms with Crippen LogP contribution in [0.2, 0.25) is 0 Å². The lowest BCUT2D eigenvalue weighted by Crippen LogP contribution is -2.45. The molecule has 0 spiro atoms. The fourth-order valence-electron chi connectivity index (χ4n) is 7.06. The van der Waals surface area contributed by atoms with Crippen molar-refractivity contribution >= 4 is 5.91 Å². The van der Waals surface area contributed by atoms with Crippen LogP contribution in [0, 0.1) is 29.6 Å². The lowest BCUT2D eigenvalue weighted by molar-refractivity contribution is -0.0453. The van der Waals surface area contributed by atoms with Crippen molar-refractivity contribution in [1.29, 1.82) is 0 Å². The number of methoxy groups -OCH3 is 1. The van der Waals surface area contributed by atoms with E-state index in [0.29, 0.717) is 17.9 Å². The van der Waals surface area contributed by atoms with E-state index in [1.165, 1.54) is 32.1 Å². The van der Waals surface area contributed by atoms with E-state index in [2.05, 4.69) is 5.32 Å². The average molecular weight is 464 g/mol. The minimum absolute atomic E-state index is 0.204. The van der Waals surface area contributed by atoms with Crippen molar-refractivity contribution < 1.29 is 19.4 Å². The summed E-state index contributed by atoms with van der Waals surface area (Å²) in [5.41, 5.74) is 1.39. The molecule has 4 fully saturated rings. The fraction of sp³-hybridized carbons (Fsp3) is 0.552. The minimum Gasteiger partial charge on any atom is -0.496 e. The Balaban J connectivity index is 1.12. The molecule has 5 nitrogen and oxygen atoms in total. The molecule has 4 saturated carbocycles. The number of aliphatic hydroxyl groups excluding tert-OH is 1. The second-order valence-corrected chi connectivity index (χ2v) is 10.6. The van der Waals surface area contributed by atoms with Gasteiger partial charge in [0.2, 0.25) is 0 Å². The van der Waals surface area contributed by atoms with Gasteiger partial charge in [0.15, 0.2) is 0 Å². The maximum Gasteiger partial charge on any atom is 0.255 e. The number of ether oxygens (including phenoxy) is 2. The zero-order valence-corrected chi connectivity index (χ0v) is 20.1. The standard InChI is InChI=1S/C29H37NO4/c1-33-27-8-4-2-6-21(27)17-30-29(32)26-7-3-5-9-28(26)34-18-24(31)10-11-25-22-13-19-12-20(15-22)16-23(25)14-19/h2-9,19-20,22-25,31H,10-18H2,1H3,(H,30,32). The van der Waals surface area contributed by atoms with Crippen LogP contribution in [0.1, 0.15) is 60.9 Å². The van der Waals surface area contributed by atoms with Crippen molar-refractivity contribution in [3.8, 4) is 11.5 Å². The van der Waals surface area contributed by atoms with Crippen LogP contribution in [-0.2, 0) is 6.54 Å². The van der Waals surface area contributed by atoms with E-state index in [-0.39, 0.29) is 12.5 Å². The van der Waals surface area contributed by atoms with E-state index >= 15 is 0 Å². The summed E-state index contributed by atoms with van der Waals surface area (Å²) in [5.74, 6) is 5.58. The Morgan fingerprint density at radius 2 is 1.62 bits per heavy atom. The fourth-order valence-corrected chi connectivity index (χ4v) is 7.06. The zero-order chi connectivity index (χ0) is 23.5. The van der Waals surface area contributed by atoms with Gasteiger partial charge in [0, 0.05) is 12.1 Å². The number of rotatable bonds is 10. The molecular formula is C29H37NO4. The Morgan fingerprint density at radius 3 is 2.32 bits per heavy atom. The molecule has 4 aliphatic carbocycles. The summed E-state index contributed by atoms with van der Waals surface area (Å²) >= 11 is 0. The van der Waals surface area contributed by atoms with Crippen LogP contribution < -0.4 is 14.8 Å². The third-order valence-corrected chi connectivity index (χ3v) is 8.45. The molecule has 0 radical (unpaired) electrons. The van der Waals surface area contributed by atoms with Gasteiger partial charge in [-0.2, -0.15) is 0 Å². The van der Waals surface area contributed by atoms with Gasteiger partial charge >= 0.3 is 0 Å². The van der Waals surface area contributed by atoms with Gasteiger partial charge in [0.05, 0.1) is 18.8 Å². The molecule has 182 valence electrons.